The lowest BCUT2D eigenvalue weighted by Gasteiger charge is -2.32. The molecule has 35 heavy (non-hydrogen) atoms. The van der Waals surface area contributed by atoms with Crippen LogP contribution in [0.2, 0.25) is 0 Å². The summed E-state index contributed by atoms with van der Waals surface area (Å²) in [5.74, 6) is 0.0657. The molecule has 0 bridgehead atoms. The number of methoxy groups -OCH3 is 1. The molecule has 0 atom stereocenters. The Hall–Kier alpha value is -4.19. The number of rotatable bonds is 7. The standard InChI is InChI=1S/C29H27N3O3/c1-18-15-26(35-2)30-16-23(18)29(20-5-3-6-20)28(22-7-4-8-25-24(22)17-31-32-25)21-12-9-19(10-13-21)11-14-27(33)34/h4,7-17,20H,3,5-6H2,1-2H3,(H,31,32)(H,33,34)/b14-11+,29-28+. The normalized spacial score (nSPS) is 14.7. The lowest BCUT2D eigenvalue weighted by atomic mass is 9.72. The van der Waals surface area contributed by atoms with Crippen molar-refractivity contribution < 1.29 is 14.6 Å². The number of ether oxygens (including phenoxy) is 1. The summed E-state index contributed by atoms with van der Waals surface area (Å²) in [7, 11) is 1.63. The molecule has 0 aliphatic heterocycles. The Bertz CT molecular complexity index is 1440. The number of aliphatic carboxylic acids is 1. The smallest absolute Gasteiger partial charge is 0.328 e. The van der Waals surface area contributed by atoms with Gasteiger partial charge in [0.1, 0.15) is 0 Å². The molecule has 6 heteroatoms. The number of carboxylic acids is 1. The summed E-state index contributed by atoms with van der Waals surface area (Å²) in [5.41, 5.74) is 8.70. The predicted octanol–water partition coefficient (Wildman–Crippen LogP) is 6.13. The first-order chi connectivity index (χ1) is 17.0. The second-order valence-corrected chi connectivity index (χ2v) is 8.89. The summed E-state index contributed by atoms with van der Waals surface area (Å²) in [6.45, 7) is 2.11. The third-order valence-electron chi connectivity index (χ3n) is 6.74. The van der Waals surface area contributed by atoms with E-state index in [2.05, 4.69) is 46.4 Å². The summed E-state index contributed by atoms with van der Waals surface area (Å²) < 4.78 is 5.37. The number of nitrogens with one attached hydrogen (secondary N) is 1. The van der Waals surface area contributed by atoms with Gasteiger partial charge in [-0.15, -0.1) is 0 Å². The van der Waals surface area contributed by atoms with E-state index in [0.717, 1.165) is 63.2 Å². The van der Waals surface area contributed by atoms with Crippen molar-refractivity contribution >= 4 is 34.1 Å². The van der Waals surface area contributed by atoms with Gasteiger partial charge in [-0.25, -0.2) is 9.78 Å². The maximum Gasteiger partial charge on any atom is 0.328 e. The van der Waals surface area contributed by atoms with Gasteiger partial charge < -0.3 is 9.84 Å². The molecule has 1 aliphatic carbocycles. The molecule has 2 aromatic carbocycles. The molecule has 176 valence electrons. The van der Waals surface area contributed by atoms with Crippen molar-refractivity contribution in [2.45, 2.75) is 26.2 Å². The second kappa shape index (κ2) is 9.58. The Kier molecular flexibility index (Phi) is 6.19. The highest BCUT2D eigenvalue weighted by Crippen LogP contribution is 2.46. The van der Waals surface area contributed by atoms with Crippen LogP contribution in [0.4, 0.5) is 0 Å². The maximum absolute atomic E-state index is 11.0. The van der Waals surface area contributed by atoms with Gasteiger partial charge in [0.25, 0.3) is 0 Å². The topological polar surface area (TPSA) is 88.1 Å². The van der Waals surface area contributed by atoms with Crippen LogP contribution >= 0.6 is 0 Å². The number of benzene rings is 2. The number of allylic oxidation sites excluding steroid dienone is 1. The molecule has 0 spiro atoms. The van der Waals surface area contributed by atoms with Gasteiger partial charge in [0.2, 0.25) is 5.88 Å². The average Bonchev–Trinajstić information content (AvgIpc) is 3.31. The minimum atomic E-state index is -0.962. The number of H-pyrrole nitrogens is 1. The molecule has 0 radical (unpaired) electrons. The summed E-state index contributed by atoms with van der Waals surface area (Å²) >= 11 is 0. The van der Waals surface area contributed by atoms with Crippen LogP contribution in [0, 0.1) is 12.8 Å². The number of hydrogen-bond acceptors (Lipinski definition) is 4. The van der Waals surface area contributed by atoms with Gasteiger partial charge in [0.15, 0.2) is 0 Å². The number of carbonyl (C=O) groups is 1. The lowest BCUT2D eigenvalue weighted by Crippen LogP contribution is -2.16. The monoisotopic (exact) mass is 465 g/mol. The summed E-state index contributed by atoms with van der Waals surface area (Å²) in [6.07, 6.45) is 10.0. The van der Waals surface area contributed by atoms with Gasteiger partial charge in [-0.2, -0.15) is 5.10 Å². The van der Waals surface area contributed by atoms with E-state index in [4.69, 9.17) is 9.84 Å². The number of fused-ring (bicyclic) bond motifs is 1. The fourth-order valence-electron chi connectivity index (χ4n) is 4.75. The zero-order chi connectivity index (χ0) is 24.4. The summed E-state index contributed by atoms with van der Waals surface area (Å²) in [5, 5.41) is 17.5. The van der Waals surface area contributed by atoms with Crippen LogP contribution < -0.4 is 4.74 Å². The minimum absolute atomic E-state index is 0.424. The van der Waals surface area contributed by atoms with E-state index in [-0.39, 0.29) is 0 Å². The number of aromatic amines is 1. The molecular formula is C29H27N3O3. The molecule has 0 unspecified atom stereocenters. The fraction of sp³-hybridized carbons (Fsp3) is 0.207. The zero-order valence-corrected chi connectivity index (χ0v) is 19.8. The van der Waals surface area contributed by atoms with Crippen LogP contribution in [-0.2, 0) is 4.79 Å². The Balaban J connectivity index is 1.78. The zero-order valence-electron chi connectivity index (χ0n) is 19.8. The lowest BCUT2D eigenvalue weighted by molar-refractivity contribution is -0.131. The van der Waals surface area contributed by atoms with Crippen LogP contribution in [-0.4, -0.2) is 33.4 Å². The number of hydrogen-bond donors (Lipinski definition) is 2. The molecule has 2 heterocycles. The van der Waals surface area contributed by atoms with E-state index in [1.54, 1.807) is 13.2 Å². The first kappa shape index (κ1) is 22.6. The molecule has 1 aliphatic rings. The van der Waals surface area contributed by atoms with Gasteiger partial charge >= 0.3 is 5.97 Å². The third kappa shape index (κ3) is 4.47. The molecule has 5 rings (SSSR count). The van der Waals surface area contributed by atoms with Crippen molar-refractivity contribution in [3.05, 3.63) is 94.8 Å². The Morgan fingerprint density at radius 1 is 1.11 bits per heavy atom. The highest BCUT2D eigenvalue weighted by molar-refractivity contribution is 6.06. The maximum atomic E-state index is 11.0. The Morgan fingerprint density at radius 2 is 1.91 bits per heavy atom. The van der Waals surface area contributed by atoms with Gasteiger partial charge in [0, 0.05) is 29.3 Å². The first-order valence-electron chi connectivity index (χ1n) is 11.7. The van der Waals surface area contributed by atoms with E-state index >= 15 is 0 Å². The van der Waals surface area contributed by atoms with Crippen LogP contribution in [0.3, 0.4) is 0 Å². The van der Waals surface area contributed by atoms with E-state index in [0.29, 0.717) is 11.8 Å². The summed E-state index contributed by atoms with van der Waals surface area (Å²) in [4.78, 5) is 15.5. The van der Waals surface area contributed by atoms with Crippen molar-refractivity contribution in [2.24, 2.45) is 5.92 Å². The first-order valence-corrected chi connectivity index (χ1v) is 11.7. The van der Waals surface area contributed by atoms with E-state index < -0.39 is 5.97 Å². The number of aromatic nitrogens is 3. The average molecular weight is 466 g/mol. The van der Waals surface area contributed by atoms with Crippen molar-refractivity contribution in [1.82, 2.24) is 15.2 Å². The van der Waals surface area contributed by atoms with Gasteiger partial charge in [0.05, 0.1) is 18.8 Å². The molecule has 6 nitrogen and oxygen atoms in total. The van der Waals surface area contributed by atoms with Gasteiger partial charge in [-0.05, 0) is 71.2 Å². The molecule has 2 aromatic heterocycles. The highest BCUT2D eigenvalue weighted by Gasteiger charge is 2.29. The van der Waals surface area contributed by atoms with Crippen molar-refractivity contribution in [1.29, 1.82) is 0 Å². The van der Waals surface area contributed by atoms with Crippen molar-refractivity contribution in [3.8, 4) is 5.88 Å². The number of pyridine rings is 1. The van der Waals surface area contributed by atoms with Gasteiger partial charge in [-0.3, -0.25) is 5.10 Å². The third-order valence-corrected chi connectivity index (χ3v) is 6.74. The number of nitrogens with zero attached hydrogens (tertiary/aromatic N) is 2. The molecule has 2 N–H and O–H groups in total. The summed E-state index contributed by atoms with van der Waals surface area (Å²) in [6, 6.07) is 16.3. The van der Waals surface area contributed by atoms with Crippen LogP contribution in [0.25, 0.3) is 28.1 Å². The van der Waals surface area contributed by atoms with E-state index in [1.807, 2.05) is 36.7 Å². The van der Waals surface area contributed by atoms with Crippen LogP contribution in [0.5, 0.6) is 5.88 Å². The number of aryl methyl sites for hydroxylation is 1. The molecule has 0 amide bonds. The van der Waals surface area contributed by atoms with E-state index in [1.165, 1.54) is 12.0 Å². The highest BCUT2D eigenvalue weighted by atomic mass is 16.5. The van der Waals surface area contributed by atoms with Crippen molar-refractivity contribution in [3.63, 3.8) is 0 Å². The number of carboxylic acid groups (broad SMARTS) is 1. The Morgan fingerprint density at radius 3 is 2.57 bits per heavy atom. The van der Waals surface area contributed by atoms with E-state index in [9.17, 15) is 4.79 Å². The largest absolute Gasteiger partial charge is 0.481 e. The minimum Gasteiger partial charge on any atom is -0.481 e. The molecule has 1 saturated carbocycles. The quantitative estimate of drug-likeness (QED) is 0.321. The Labute approximate surface area is 204 Å². The van der Waals surface area contributed by atoms with Crippen LogP contribution in [0.15, 0.2) is 67.0 Å². The fourth-order valence-corrected chi connectivity index (χ4v) is 4.75. The van der Waals surface area contributed by atoms with Gasteiger partial charge in [-0.1, -0.05) is 42.8 Å². The van der Waals surface area contributed by atoms with Crippen molar-refractivity contribution in [2.75, 3.05) is 7.11 Å². The molecule has 1 fully saturated rings. The molecule has 4 aromatic rings. The second-order valence-electron chi connectivity index (χ2n) is 8.89. The predicted molar refractivity (Wildman–Crippen MR) is 138 cm³/mol. The molecule has 0 saturated heterocycles. The molecular weight excluding hydrogens is 438 g/mol. The SMILES string of the molecule is COc1cc(C)c(/C(=C(\c2ccc(/C=C/C(=O)O)cc2)c2cccc3[nH]ncc23)C2CCC2)cn1. The van der Waals surface area contributed by atoms with Crippen LogP contribution in [0.1, 0.15) is 47.1 Å².